The zero-order valence-corrected chi connectivity index (χ0v) is 14.9. The van der Waals surface area contributed by atoms with Gasteiger partial charge in [0.1, 0.15) is 12.4 Å². The van der Waals surface area contributed by atoms with Crippen molar-refractivity contribution in [1.29, 1.82) is 0 Å². The predicted molar refractivity (Wildman–Crippen MR) is 94.0 cm³/mol. The van der Waals surface area contributed by atoms with Crippen LogP contribution in [0, 0.1) is 12.7 Å². The van der Waals surface area contributed by atoms with Crippen LogP contribution in [0.5, 0.6) is 0 Å². The number of rotatable bonds is 8. The van der Waals surface area contributed by atoms with Gasteiger partial charge in [-0.1, -0.05) is 12.1 Å². The number of methoxy groups -OCH3 is 1. The summed E-state index contributed by atoms with van der Waals surface area (Å²) in [4.78, 5) is 31.1. The maximum absolute atomic E-state index is 13.0. The van der Waals surface area contributed by atoms with Gasteiger partial charge in [0.15, 0.2) is 5.13 Å². The molecule has 0 fully saturated rings. The van der Waals surface area contributed by atoms with Crippen LogP contribution in [0.1, 0.15) is 10.4 Å². The number of aromatic nitrogens is 1. The molecule has 25 heavy (non-hydrogen) atoms. The van der Waals surface area contributed by atoms with Gasteiger partial charge in [-0.05, 0) is 24.6 Å². The number of nitrogens with zero attached hydrogens (tertiary/aromatic N) is 2. The molecule has 0 aliphatic rings. The molecule has 2 rings (SSSR count). The molecule has 0 saturated heterocycles. The third kappa shape index (κ3) is 6.24. The molecule has 1 N–H and O–H groups in total. The minimum absolute atomic E-state index is 0.0909. The quantitative estimate of drug-likeness (QED) is 0.779. The molecule has 0 bridgehead atoms. The van der Waals surface area contributed by atoms with Crippen LogP contribution in [-0.2, 0) is 20.7 Å². The minimum atomic E-state index is -0.356. The lowest BCUT2D eigenvalue weighted by Crippen LogP contribution is -2.40. The van der Waals surface area contributed by atoms with E-state index in [1.165, 1.54) is 35.5 Å². The lowest BCUT2D eigenvalue weighted by Gasteiger charge is -2.21. The molecule has 6 nitrogen and oxygen atoms in total. The van der Waals surface area contributed by atoms with Gasteiger partial charge >= 0.3 is 0 Å². The second-order valence-corrected chi connectivity index (χ2v) is 6.67. The Morgan fingerprint density at radius 1 is 1.32 bits per heavy atom. The lowest BCUT2D eigenvalue weighted by molar-refractivity contribution is -0.134. The van der Waals surface area contributed by atoms with Crippen LogP contribution >= 0.6 is 11.3 Å². The number of halogens is 1. The Morgan fingerprint density at radius 3 is 2.64 bits per heavy atom. The molecule has 0 radical (unpaired) electrons. The molecule has 0 saturated carbocycles. The van der Waals surface area contributed by atoms with Gasteiger partial charge in [0.2, 0.25) is 11.8 Å². The van der Waals surface area contributed by atoms with Gasteiger partial charge in [-0.25, -0.2) is 9.37 Å². The van der Waals surface area contributed by atoms with Gasteiger partial charge in [0.05, 0.1) is 13.0 Å². The minimum Gasteiger partial charge on any atom is -0.383 e. The van der Waals surface area contributed by atoms with Gasteiger partial charge in [0, 0.05) is 24.7 Å². The Labute approximate surface area is 149 Å². The number of amides is 2. The van der Waals surface area contributed by atoms with Crippen LogP contribution < -0.4 is 5.32 Å². The Hall–Kier alpha value is -2.32. The Bertz CT molecular complexity index is 718. The van der Waals surface area contributed by atoms with Crippen LogP contribution in [0.25, 0.3) is 0 Å². The van der Waals surface area contributed by atoms with E-state index in [2.05, 4.69) is 10.3 Å². The van der Waals surface area contributed by atoms with Gasteiger partial charge in [-0.3, -0.25) is 9.59 Å². The molecule has 1 aromatic carbocycles. The van der Waals surface area contributed by atoms with Crippen LogP contribution in [0.2, 0.25) is 0 Å². The van der Waals surface area contributed by atoms with E-state index < -0.39 is 0 Å². The third-order valence-corrected chi connectivity index (χ3v) is 4.22. The summed E-state index contributed by atoms with van der Waals surface area (Å²) in [6.45, 7) is 2.41. The summed E-state index contributed by atoms with van der Waals surface area (Å²) in [6, 6.07) is 5.72. The number of nitrogens with one attached hydrogen (secondary N) is 1. The average Bonchev–Trinajstić information content (AvgIpc) is 2.98. The normalized spacial score (nSPS) is 10.5. The smallest absolute Gasteiger partial charge is 0.245 e. The molecule has 0 unspecified atom stereocenters. The Balaban J connectivity index is 1.97. The first kappa shape index (κ1) is 19.0. The first-order valence-electron chi connectivity index (χ1n) is 7.71. The highest BCUT2D eigenvalue weighted by Gasteiger charge is 2.18. The summed E-state index contributed by atoms with van der Waals surface area (Å²) in [5.74, 6) is -0.905. The molecule has 2 aromatic rings. The molecule has 0 spiro atoms. The second kappa shape index (κ2) is 9.24. The fourth-order valence-electron chi connectivity index (χ4n) is 2.13. The van der Waals surface area contributed by atoms with Crippen molar-refractivity contribution in [2.45, 2.75) is 13.3 Å². The summed E-state index contributed by atoms with van der Waals surface area (Å²) in [5.41, 5.74) is 0.685. The SMILES string of the molecule is COCCN(CC(=O)Nc1ncc(C)s1)C(=O)Cc1ccc(F)cc1. The number of hydrogen-bond acceptors (Lipinski definition) is 5. The van der Waals surface area contributed by atoms with Gasteiger partial charge in [-0.15, -0.1) is 11.3 Å². The summed E-state index contributed by atoms with van der Waals surface area (Å²) in [7, 11) is 1.53. The van der Waals surface area contributed by atoms with E-state index in [4.69, 9.17) is 4.74 Å². The molecule has 134 valence electrons. The molecule has 2 amide bonds. The monoisotopic (exact) mass is 365 g/mol. The van der Waals surface area contributed by atoms with E-state index in [9.17, 15) is 14.0 Å². The molecular formula is C17H20FN3O3S. The standard InChI is InChI=1S/C17H20FN3O3S/c1-12-10-19-17(25-12)20-15(22)11-21(7-8-24-2)16(23)9-13-3-5-14(18)6-4-13/h3-6,10H,7-9,11H2,1-2H3,(H,19,20,22). The number of thiazole rings is 1. The fourth-order valence-corrected chi connectivity index (χ4v) is 2.81. The number of carbonyl (C=O) groups is 2. The molecular weight excluding hydrogens is 345 g/mol. The van der Waals surface area contributed by atoms with Crippen LogP contribution in [0.4, 0.5) is 9.52 Å². The summed E-state index contributed by atoms with van der Waals surface area (Å²) in [6.07, 6.45) is 1.76. The Morgan fingerprint density at radius 2 is 2.04 bits per heavy atom. The predicted octanol–water partition coefficient (Wildman–Crippen LogP) is 2.25. The summed E-state index contributed by atoms with van der Waals surface area (Å²) >= 11 is 1.37. The Kier molecular flexibility index (Phi) is 7.03. The van der Waals surface area contributed by atoms with E-state index in [1.54, 1.807) is 18.3 Å². The molecule has 0 aliphatic carbocycles. The topological polar surface area (TPSA) is 71.5 Å². The number of hydrogen-bond donors (Lipinski definition) is 1. The summed E-state index contributed by atoms with van der Waals surface area (Å²) < 4.78 is 18.0. The maximum atomic E-state index is 13.0. The molecule has 8 heteroatoms. The highest BCUT2D eigenvalue weighted by atomic mass is 32.1. The van der Waals surface area contributed by atoms with E-state index in [0.717, 1.165) is 4.88 Å². The van der Waals surface area contributed by atoms with Crippen LogP contribution in [0.15, 0.2) is 30.5 Å². The number of ether oxygens (including phenoxy) is 1. The van der Waals surface area contributed by atoms with E-state index in [1.807, 2.05) is 6.92 Å². The number of anilines is 1. The maximum Gasteiger partial charge on any atom is 0.245 e. The molecule has 0 aliphatic heterocycles. The summed E-state index contributed by atoms with van der Waals surface area (Å²) in [5, 5.41) is 3.18. The van der Waals surface area contributed by atoms with Crippen molar-refractivity contribution >= 4 is 28.3 Å². The fraction of sp³-hybridized carbons (Fsp3) is 0.353. The first-order valence-corrected chi connectivity index (χ1v) is 8.53. The van der Waals surface area contributed by atoms with Gasteiger partial charge < -0.3 is 15.0 Å². The zero-order chi connectivity index (χ0) is 18.2. The van der Waals surface area contributed by atoms with Crippen molar-refractivity contribution in [1.82, 2.24) is 9.88 Å². The van der Waals surface area contributed by atoms with E-state index in [0.29, 0.717) is 23.8 Å². The molecule has 1 aromatic heterocycles. The number of benzene rings is 1. The van der Waals surface area contributed by atoms with Crippen LogP contribution in [-0.4, -0.2) is 48.5 Å². The second-order valence-electron chi connectivity index (χ2n) is 5.44. The highest BCUT2D eigenvalue weighted by molar-refractivity contribution is 7.15. The average molecular weight is 365 g/mol. The van der Waals surface area contributed by atoms with Crippen molar-refractivity contribution in [3.8, 4) is 0 Å². The molecule has 0 atom stereocenters. The van der Waals surface area contributed by atoms with Crippen molar-refractivity contribution in [3.05, 3.63) is 46.7 Å². The number of carbonyl (C=O) groups excluding carboxylic acids is 2. The van der Waals surface area contributed by atoms with Crippen LogP contribution in [0.3, 0.4) is 0 Å². The van der Waals surface area contributed by atoms with Crippen molar-refractivity contribution in [2.75, 3.05) is 32.1 Å². The van der Waals surface area contributed by atoms with Gasteiger partial charge in [0.25, 0.3) is 0 Å². The highest BCUT2D eigenvalue weighted by Crippen LogP contribution is 2.16. The molecule has 1 heterocycles. The first-order chi connectivity index (χ1) is 12.0. The van der Waals surface area contributed by atoms with Crippen molar-refractivity contribution < 1.29 is 18.7 Å². The van der Waals surface area contributed by atoms with E-state index >= 15 is 0 Å². The third-order valence-electron chi connectivity index (χ3n) is 3.39. The lowest BCUT2D eigenvalue weighted by atomic mass is 10.1. The largest absolute Gasteiger partial charge is 0.383 e. The van der Waals surface area contributed by atoms with Crippen molar-refractivity contribution in [3.63, 3.8) is 0 Å². The van der Waals surface area contributed by atoms with Gasteiger partial charge in [-0.2, -0.15) is 0 Å². The zero-order valence-electron chi connectivity index (χ0n) is 14.1. The van der Waals surface area contributed by atoms with E-state index in [-0.39, 0.29) is 30.6 Å². The van der Waals surface area contributed by atoms with Crippen molar-refractivity contribution in [2.24, 2.45) is 0 Å². The number of aryl methyl sites for hydroxylation is 1.